The molecule has 0 aliphatic carbocycles. The van der Waals surface area contributed by atoms with Gasteiger partial charge < -0.3 is 9.47 Å². The molecule has 3 aromatic rings. The Bertz CT molecular complexity index is 1120. The van der Waals surface area contributed by atoms with Gasteiger partial charge in [-0.05, 0) is 62.2 Å². The molecule has 4 rings (SSSR count). The molecule has 2 aromatic carbocycles. The normalized spacial score (nSPS) is 16.6. The van der Waals surface area contributed by atoms with Crippen LogP contribution in [0.2, 0.25) is 0 Å². The van der Waals surface area contributed by atoms with Crippen molar-refractivity contribution in [3.8, 4) is 11.1 Å². The first-order chi connectivity index (χ1) is 14.5. The van der Waals surface area contributed by atoms with Gasteiger partial charge in [-0.2, -0.15) is 5.10 Å². The second-order valence-corrected chi connectivity index (χ2v) is 8.17. The average Bonchev–Trinajstić information content (AvgIpc) is 3.14. The van der Waals surface area contributed by atoms with Gasteiger partial charge in [0.2, 0.25) is 0 Å². The quantitative estimate of drug-likeness (QED) is 0.593. The van der Waals surface area contributed by atoms with Crippen molar-refractivity contribution in [1.82, 2.24) is 19.7 Å². The SMILES string of the molecule is CCn1c(C2CCCN(C(=O)c3ccc(-c4ccc(C)cc4)cc3F)C2)n[nH]c1=S. The van der Waals surface area contributed by atoms with Crippen molar-refractivity contribution in [3.05, 3.63) is 70.0 Å². The molecule has 1 unspecified atom stereocenters. The smallest absolute Gasteiger partial charge is 0.256 e. The number of nitrogens with one attached hydrogen (secondary N) is 1. The fourth-order valence-corrected chi connectivity index (χ4v) is 4.37. The molecule has 0 spiro atoms. The number of carbonyl (C=O) groups is 1. The molecule has 1 aliphatic heterocycles. The summed E-state index contributed by atoms with van der Waals surface area (Å²) in [7, 11) is 0. The number of piperidine rings is 1. The Kier molecular flexibility index (Phi) is 5.81. The van der Waals surface area contributed by atoms with E-state index in [-0.39, 0.29) is 17.4 Å². The Morgan fingerprint density at radius 2 is 1.97 bits per heavy atom. The fourth-order valence-electron chi connectivity index (χ4n) is 4.10. The number of amides is 1. The second-order valence-electron chi connectivity index (χ2n) is 7.78. The molecule has 1 amide bonds. The summed E-state index contributed by atoms with van der Waals surface area (Å²) in [5, 5.41) is 7.23. The van der Waals surface area contributed by atoms with Crippen LogP contribution in [0.5, 0.6) is 0 Å². The van der Waals surface area contributed by atoms with Crippen LogP contribution in [0.1, 0.15) is 47.4 Å². The summed E-state index contributed by atoms with van der Waals surface area (Å²) in [6, 6.07) is 12.8. The van der Waals surface area contributed by atoms with Crippen molar-refractivity contribution in [2.45, 2.75) is 39.2 Å². The summed E-state index contributed by atoms with van der Waals surface area (Å²) >= 11 is 5.29. The molecular weight excluding hydrogens is 399 g/mol. The predicted octanol–water partition coefficient (Wildman–Crippen LogP) is 5.09. The number of halogens is 1. The molecule has 1 atom stereocenters. The second kappa shape index (κ2) is 8.52. The molecule has 1 aliphatic rings. The summed E-state index contributed by atoms with van der Waals surface area (Å²) in [5.74, 6) is 0.196. The predicted molar refractivity (Wildman–Crippen MR) is 118 cm³/mol. The Morgan fingerprint density at radius 3 is 2.67 bits per heavy atom. The van der Waals surface area contributed by atoms with Crippen molar-refractivity contribution in [3.63, 3.8) is 0 Å². The van der Waals surface area contributed by atoms with E-state index in [4.69, 9.17) is 12.2 Å². The maximum Gasteiger partial charge on any atom is 0.256 e. The van der Waals surface area contributed by atoms with Gasteiger partial charge in [-0.25, -0.2) is 4.39 Å². The summed E-state index contributed by atoms with van der Waals surface area (Å²) in [6.45, 7) is 5.89. The zero-order valence-electron chi connectivity index (χ0n) is 17.2. The van der Waals surface area contributed by atoms with Crippen molar-refractivity contribution in [2.24, 2.45) is 0 Å². The van der Waals surface area contributed by atoms with Crippen LogP contribution < -0.4 is 0 Å². The monoisotopic (exact) mass is 424 g/mol. The minimum absolute atomic E-state index is 0.0884. The molecule has 1 fully saturated rings. The van der Waals surface area contributed by atoms with E-state index in [2.05, 4.69) is 10.2 Å². The number of aryl methyl sites for hydroxylation is 1. The number of rotatable bonds is 4. The van der Waals surface area contributed by atoms with Gasteiger partial charge >= 0.3 is 0 Å². The summed E-state index contributed by atoms with van der Waals surface area (Å²) in [5.41, 5.74) is 2.95. The van der Waals surface area contributed by atoms with Crippen LogP contribution in [-0.2, 0) is 6.54 Å². The van der Waals surface area contributed by atoms with Gasteiger partial charge in [0.1, 0.15) is 11.6 Å². The molecule has 1 saturated heterocycles. The molecule has 1 aromatic heterocycles. The Hall–Kier alpha value is -2.80. The number of aromatic nitrogens is 3. The average molecular weight is 425 g/mol. The molecule has 0 radical (unpaired) electrons. The summed E-state index contributed by atoms with van der Waals surface area (Å²) in [6.07, 6.45) is 1.78. The highest BCUT2D eigenvalue weighted by Gasteiger charge is 2.29. The highest BCUT2D eigenvalue weighted by molar-refractivity contribution is 7.71. The largest absolute Gasteiger partial charge is 0.338 e. The molecule has 5 nitrogen and oxygen atoms in total. The van der Waals surface area contributed by atoms with E-state index < -0.39 is 5.82 Å². The Morgan fingerprint density at radius 1 is 1.23 bits per heavy atom. The number of aromatic amines is 1. The lowest BCUT2D eigenvalue weighted by molar-refractivity contribution is 0.0698. The number of likely N-dealkylation sites (tertiary alicyclic amines) is 1. The lowest BCUT2D eigenvalue weighted by atomic mass is 9.96. The first-order valence-electron chi connectivity index (χ1n) is 10.3. The maximum atomic E-state index is 14.9. The Balaban J connectivity index is 1.55. The van der Waals surface area contributed by atoms with Gasteiger partial charge in [-0.3, -0.25) is 9.89 Å². The third-order valence-corrected chi connectivity index (χ3v) is 6.07. The highest BCUT2D eigenvalue weighted by atomic mass is 32.1. The van der Waals surface area contributed by atoms with Gasteiger partial charge in [0, 0.05) is 25.6 Å². The molecule has 7 heteroatoms. The van der Waals surface area contributed by atoms with E-state index in [0.29, 0.717) is 17.9 Å². The summed E-state index contributed by atoms with van der Waals surface area (Å²) < 4.78 is 17.4. The van der Waals surface area contributed by atoms with Gasteiger partial charge in [-0.15, -0.1) is 0 Å². The lowest BCUT2D eigenvalue weighted by Crippen LogP contribution is -2.40. The van der Waals surface area contributed by atoms with Gasteiger partial charge in [0.25, 0.3) is 5.91 Å². The van der Waals surface area contributed by atoms with Crippen molar-refractivity contribution < 1.29 is 9.18 Å². The zero-order valence-corrected chi connectivity index (χ0v) is 18.0. The summed E-state index contributed by atoms with van der Waals surface area (Å²) in [4.78, 5) is 14.8. The van der Waals surface area contributed by atoms with Gasteiger partial charge in [-0.1, -0.05) is 35.9 Å². The van der Waals surface area contributed by atoms with Gasteiger partial charge in [0.15, 0.2) is 4.77 Å². The molecule has 2 heterocycles. The fraction of sp³-hybridized carbons (Fsp3) is 0.348. The third-order valence-electron chi connectivity index (χ3n) is 5.76. The number of hydrogen-bond donors (Lipinski definition) is 1. The first kappa shape index (κ1) is 20.5. The molecule has 0 saturated carbocycles. The van der Waals surface area contributed by atoms with Crippen molar-refractivity contribution in [2.75, 3.05) is 13.1 Å². The zero-order chi connectivity index (χ0) is 21.3. The van der Waals surface area contributed by atoms with Crippen LogP contribution in [0.3, 0.4) is 0 Å². The number of hydrogen-bond acceptors (Lipinski definition) is 3. The number of H-pyrrole nitrogens is 1. The van der Waals surface area contributed by atoms with Crippen LogP contribution in [0.25, 0.3) is 11.1 Å². The minimum Gasteiger partial charge on any atom is -0.338 e. The topological polar surface area (TPSA) is 53.9 Å². The highest BCUT2D eigenvalue weighted by Crippen LogP contribution is 2.28. The van der Waals surface area contributed by atoms with E-state index in [9.17, 15) is 9.18 Å². The third kappa shape index (κ3) is 3.94. The van der Waals surface area contributed by atoms with Gasteiger partial charge in [0.05, 0.1) is 5.56 Å². The maximum absolute atomic E-state index is 14.9. The molecular formula is C23H25FN4OS. The van der Waals surface area contributed by atoms with Crippen LogP contribution in [0.4, 0.5) is 4.39 Å². The minimum atomic E-state index is -0.489. The number of benzene rings is 2. The van der Waals surface area contributed by atoms with Crippen molar-refractivity contribution >= 4 is 18.1 Å². The van der Waals surface area contributed by atoms with Crippen LogP contribution in [-0.4, -0.2) is 38.7 Å². The van der Waals surface area contributed by atoms with Crippen LogP contribution in [0.15, 0.2) is 42.5 Å². The molecule has 0 bridgehead atoms. The number of nitrogens with zero attached hydrogens (tertiary/aromatic N) is 3. The van der Waals surface area contributed by atoms with E-state index in [1.54, 1.807) is 11.0 Å². The number of carbonyl (C=O) groups excluding carboxylic acids is 1. The lowest BCUT2D eigenvalue weighted by Gasteiger charge is -2.32. The Labute approximate surface area is 180 Å². The van der Waals surface area contributed by atoms with Crippen LogP contribution >= 0.6 is 12.2 Å². The van der Waals surface area contributed by atoms with Crippen molar-refractivity contribution in [1.29, 1.82) is 0 Å². The standard InChI is InChI=1S/C23H25FN4OS/c1-3-28-21(25-26-23(28)30)18-5-4-12-27(14-18)22(29)19-11-10-17(13-20(19)24)16-8-6-15(2)7-9-16/h6-11,13,18H,3-5,12,14H2,1-2H3,(H,26,30). The van der Waals surface area contributed by atoms with E-state index in [1.807, 2.05) is 48.7 Å². The molecule has 1 N–H and O–H groups in total. The van der Waals surface area contributed by atoms with E-state index >= 15 is 0 Å². The van der Waals surface area contributed by atoms with E-state index in [1.165, 1.54) is 6.07 Å². The van der Waals surface area contributed by atoms with E-state index in [0.717, 1.165) is 41.9 Å². The molecule has 30 heavy (non-hydrogen) atoms. The molecule has 156 valence electrons. The van der Waals surface area contributed by atoms with Crippen LogP contribution in [0, 0.1) is 17.5 Å². The first-order valence-corrected chi connectivity index (χ1v) is 10.7.